The van der Waals surface area contributed by atoms with E-state index in [1.54, 1.807) is 38.6 Å². The minimum Gasteiger partial charge on any atom is -0.496 e. The molecule has 0 aliphatic carbocycles. The number of halogens is 1. The lowest BCUT2D eigenvalue weighted by atomic mass is 10.0. The van der Waals surface area contributed by atoms with Crippen molar-refractivity contribution in [3.63, 3.8) is 0 Å². The Morgan fingerprint density at radius 1 is 1.16 bits per heavy atom. The first kappa shape index (κ1) is 13.6. The molecule has 1 atom stereocenters. The molecule has 0 aliphatic rings. The van der Waals surface area contributed by atoms with E-state index in [4.69, 9.17) is 26.8 Å². The first-order valence-corrected chi connectivity index (χ1v) is 6.13. The number of benzene rings is 1. The smallest absolute Gasteiger partial charge is 0.142 e. The molecule has 0 radical (unpaired) electrons. The third kappa shape index (κ3) is 2.80. The number of nitrogens with two attached hydrogens (primary N) is 1. The molecule has 2 rings (SSSR count). The number of hydrogen-bond acceptors (Lipinski definition) is 4. The summed E-state index contributed by atoms with van der Waals surface area (Å²) in [7, 11) is 3.17. The lowest BCUT2D eigenvalue weighted by Crippen LogP contribution is -2.15. The van der Waals surface area contributed by atoms with E-state index < -0.39 is 6.04 Å². The molecule has 1 aromatic carbocycles. The average molecular weight is 279 g/mol. The lowest BCUT2D eigenvalue weighted by molar-refractivity contribution is 0.397. The van der Waals surface area contributed by atoms with E-state index in [1.165, 1.54) is 0 Å². The van der Waals surface area contributed by atoms with Crippen LogP contribution in [0, 0.1) is 0 Å². The van der Waals surface area contributed by atoms with Gasteiger partial charge in [-0.2, -0.15) is 0 Å². The summed E-state index contributed by atoms with van der Waals surface area (Å²) < 4.78 is 10.6. The van der Waals surface area contributed by atoms with Crippen LogP contribution < -0.4 is 15.2 Å². The van der Waals surface area contributed by atoms with Crippen LogP contribution in [0.4, 0.5) is 0 Å². The number of ether oxygens (including phenoxy) is 2. The van der Waals surface area contributed by atoms with Crippen LogP contribution in [-0.2, 0) is 0 Å². The van der Waals surface area contributed by atoms with Crippen molar-refractivity contribution >= 4 is 11.6 Å². The number of methoxy groups -OCH3 is 2. The molecule has 0 bridgehead atoms. The lowest BCUT2D eigenvalue weighted by Gasteiger charge is -2.17. The number of nitrogens with zero attached hydrogens (tertiary/aromatic N) is 1. The van der Waals surface area contributed by atoms with Gasteiger partial charge in [0.25, 0.3) is 0 Å². The maximum absolute atomic E-state index is 6.25. The molecule has 4 nitrogen and oxygen atoms in total. The molecule has 100 valence electrons. The van der Waals surface area contributed by atoms with Crippen molar-refractivity contribution in [1.82, 2.24) is 4.98 Å². The standard InChI is InChI=1S/C14H15ClN2O2/c1-18-11-4-3-7-17-14(11)13(16)10-6-5-9(15)8-12(10)19-2/h3-8,13H,16H2,1-2H3. The molecule has 0 fully saturated rings. The van der Waals surface area contributed by atoms with Gasteiger partial charge in [-0.1, -0.05) is 17.7 Å². The summed E-state index contributed by atoms with van der Waals surface area (Å²) in [6.07, 6.45) is 1.68. The summed E-state index contributed by atoms with van der Waals surface area (Å²) in [4.78, 5) is 4.29. The molecule has 1 unspecified atom stereocenters. The molecular formula is C14H15ClN2O2. The normalized spacial score (nSPS) is 12.0. The Morgan fingerprint density at radius 3 is 2.58 bits per heavy atom. The molecule has 0 saturated carbocycles. The van der Waals surface area contributed by atoms with Crippen LogP contribution in [0.2, 0.25) is 5.02 Å². The quantitative estimate of drug-likeness (QED) is 0.934. The molecule has 0 amide bonds. The van der Waals surface area contributed by atoms with Gasteiger partial charge in [0.2, 0.25) is 0 Å². The highest BCUT2D eigenvalue weighted by atomic mass is 35.5. The van der Waals surface area contributed by atoms with E-state index in [9.17, 15) is 0 Å². The predicted molar refractivity (Wildman–Crippen MR) is 74.8 cm³/mol. The van der Waals surface area contributed by atoms with Gasteiger partial charge >= 0.3 is 0 Å². The number of pyridine rings is 1. The van der Waals surface area contributed by atoms with Crippen molar-refractivity contribution in [2.24, 2.45) is 5.73 Å². The van der Waals surface area contributed by atoms with Crippen molar-refractivity contribution in [3.05, 3.63) is 52.8 Å². The molecule has 1 aromatic heterocycles. The first-order valence-electron chi connectivity index (χ1n) is 5.75. The fraction of sp³-hybridized carbons (Fsp3) is 0.214. The summed E-state index contributed by atoms with van der Waals surface area (Å²) in [6.45, 7) is 0. The molecule has 2 N–H and O–H groups in total. The molecule has 0 aliphatic heterocycles. The fourth-order valence-corrected chi connectivity index (χ4v) is 2.06. The maximum atomic E-state index is 6.25. The Morgan fingerprint density at radius 2 is 1.89 bits per heavy atom. The van der Waals surface area contributed by atoms with E-state index in [1.807, 2.05) is 12.1 Å². The third-order valence-electron chi connectivity index (χ3n) is 2.84. The van der Waals surface area contributed by atoms with E-state index >= 15 is 0 Å². The van der Waals surface area contributed by atoms with Crippen molar-refractivity contribution in [2.45, 2.75) is 6.04 Å². The largest absolute Gasteiger partial charge is 0.496 e. The first-order chi connectivity index (χ1) is 9.17. The van der Waals surface area contributed by atoms with Crippen LogP contribution in [-0.4, -0.2) is 19.2 Å². The average Bonchev–Trinajstić information content (AvgIpc) is 2.46. The Balaban J connectivity index is 2.46. The summed E-state index contributed by atoms with van der Waals surface area (Å²) in [6, 6.07) is 8.52. The second-order valence-corrected chi connectivity index (χ2v) is 4.39. The second kappa shape index (κ2) is 5.91. The zero-order valence-corrected chi connectivity index (χ0v) is 11.5. The highest BCUT2D eigenvalue weighted by Gasteiger charge is 2.19. The highest BCUT2D eigenvalue weighted by Crippen LogP contribution is 2.33. The van der Waals surface area contributed by atoms with Crippen LogP contribution in [0.5, 0.6) is 11.5 Å². The van der Waals surface area contributed by atoms with Crippen molar-refractivity contribution < 1.29 is 9.47 Å². The van der Waals surface area contributed by atoms with Gasteiger partial charge in [0.1, 0.15) is 17.2 Å². The topological polar surface area (TPSA) is 57.4 Å². The van der Waals surface area contributed by atoms with Gasteiger partial charge in [0, 0.05) is 16.8 Å². The molecule has 2 aromatic rings. The van der Waals surface area contributed by atoms with Crippen LogP contribution in [0.1, 0.15) is 17.3 Å². The zero-order chi connectivity index (χ0) is 13.8. The third-order valence-corrected chi connectivity index (χ3v) is 3.08. The van der Waals surface area contributed by atoms with E-state index in [2.05, 4.69) is 4.98 Å². The monoisotopic (exact) mass is 278 g/mol. The summed E-state index contributed by atoms with van der Waals surface area (Å²) in [5.41, 5.74) is 7.72. The molecule has 0 saturated heterocycles. The van der Waals surface area contributed by atoms with E-state index in [0.717, 1.165) is 5.56 Å². The minimum absolute atomic E-state index is 0.441. The van der Waals surface area contributed by atoms with Crippen molar-refractivity contribution in [3.8, 4) is 11.5 Å². The van der Waals surface area contributed by atoms with Gasteiger partial charge < -0.3 is 15.2 Å². The number of hydrogen-bond donors (Lipinski definition) is 1. The number of rotatable bonds is 4. The second-order valence-electron chi connectivity index (χ2n) is 3.95. The molecule has 5 heteroatoms. The Bertz CT molecular complexity index is 575. The summed E-state index contributed by atoms with van der Waals surface area (Å²) in [5, 5.41) is 0.598. The van der Waals surface area contributed by atoms with Gasteiger partial charge in [-0.15, -0.1) is 0 Å². The van der Waals surface area contributed by atoms with Gasteiger partial charge in [0.05, 0.1) is 20.3 Å². The minimum atomic E-state index is -0.441. The Labute approximate surface area is 117 Å². The van der Waals surface area contributed by atoms with Gasteiger partial charge in [0.15, 0.2) is 0 Å². The summed E-state index contributed by atoms with van der Waals surface area (Å²) >= 11 is 5.94. The van der Waals surface area contributed by atoms with Crippen LogP contribution in [0.15, 0.2) is 36.5 Å². The Hall–Kier alpha value is -1.78. The predicted octanol–water partition coefficient (Wildman–Crippen LogP) is 2.80. The number of aromatic nitrogens is 1. The fourth-order valence-electron chi connectivity index (χ4n) is 1.90. The van der Waals surface area contributed by atoms with Crippen LogP contribution in [0.3, 0.4) is 0 Å². The van der Waals surface area contributed by atoms with Gasteiger partial charge in [-0.05, 0) is 24.3 Å². The van der Waals surface area contributed by atoms with Crippen LogP contribution in [0.25, 0.3) is 0 Å². The summed E-state index contributed by atoms with van der Waals surface area (Å²) in [5.74, 6) is 1.28. The van der Waals surface area contributed by atoms with Crippen molar-refractivity contribution in [1.29, 1.82) is 0 Å². The van der Waals surface area contributed by atoms with Crippen molar-refractivity contribution in [2.75, 3.05) is 14.2 Å². The van der Waals surface area contributed by atoms with E-state index in [0.29, 0.717) is 22.2 Å². The SMILES string of the molecule is COc1cc(Cl)ccc1C(N)c1ncccc1OC. The molecule has 1 heterocycles. The van der Waals surface area contributed by atoms with Gasteiger partial charge in [-0.25, -0.2) is 0 Å². The molecule has 0 spiro atoms. The highest BCUT2D eigenvalue weighted by molar-refractivity contribution is 6.30. The van der Waals surface area contributed by atoms with E-state index in [-0.39, 0.29) is 0 Å². The maximum Gasteiger partial charge on any atom is 0.142 e. The van der Waals surface area contributed by atoms with Gasteiger partial charge in [-0.3, -0.25) is 4.98 Å². The molecule has 19 heavy (non-hydrogen) atoms. The Kier molecular flexibility index (Phi) is 4.24. The van der Waals surface area contributed by atoms with Crippen LogP contribution >= 0.6 is 11.6 Å². The zero-order valence-electron chi connectivity index (χ0n) is 10.8. The molecular weight excluding hydrogens is 264 g/mol.